The van der Waals surface area contributed by atoms with E-state index in [-0.39, 0.29) is 0 Å². The lowest BCUT2D eigenvalue weighted by Crippen LogP contribution is -2.44. The number of benzene rings is 1. The highest BCUT2D eigenvalue weighted by Crippen LogP contribution is 2.29. The summed E-state index contributed by atoms with van der Waals surface area (Å²) >= 11 is 5.49. The second-order valence-electron chi connectivity index (χ2n) is 5.19. The van der Waals surface area contributed by atoms with E-state index in [4.69, 9.17) is 4.74 Å². The zero-order valence-corrected chi connectivity index (χ0v) is 13.4. The normalized spacial score (nSPS) is 19.7. The molecule has 18 heavy (non-hydrogen) atoms. The Labute approximate surface area is 122 Å². The van der Waals surface area contributed by atoms with Crippen molar-refractivity contribution in [2.45, 2.75) is 18.6 Å². The third-order valence-corrected chi connectivity index (χ3v) is 4.82. The maximum Gasteiger partial charge on any atom is 0.119 e. The van der Waals surface area contributed by atoms with Crippen molar-refractivity contribution in [3.05, 3.63) is 28.7 Å². The van der Waals surface area contributed by atoms with Gasteiger partial charge in [-0.15, -0.1) is 0 Å². The molecule has 1 heterocycles. The van der Waals surface area contributed by atoms with Gasteiger partial charge in [-0.25, -0.2) is 0 Å². The molecule has 100 valence electrons. The molecule has 0 N–H and O–H groups in total. The second kappa shape index (κ2) is 6.31. The summed E-state index contributed by atoms with van der Waals surface area (Å²) in [6.45, 7) is 8.75. The monoisotopic (exact) mass is 329 g/mol. The van der Waals surface area contributed by atoms with Gasteiger partial charge in [-0.3, -0.25) is 4.90 Å². The molecule has 0 saturated carbocycles. The molecule has 2 rings (SSSR count). The molecule has 1 fully saturated rings. The van der Waals surface area contributed by atoms with E-state index in [2.05, 4.69) is 46.4 Å². The molecule has 1 aliphatic rings. The molecule has 1 aromatic carbocycles. The van der Waals surface area contributed by atoms with Gasteiger partial charge in [0.2, 0.25) is 0 Å². The van der Waals surface area contributed by atoms with Gasteiger partial charge in [-0.2, -0.15) is 11.8 Å². The smallest absolute Gasteiger partial charge is 0.119 e. The van der Waals surface area contributed by atoms with Crippen LogP contribution >= 0.6 is 27.7 Å². The Morgan fingerprint density at radius 1 is 1.33 bits per heavy atom. The van der Waals surface area contributed by atoms with E-state index in [1.807, 2.05) is 24.3 Å². The minimum absolute atomic E-state index is 0.385. The van der Waals surface area contributed by atoms with E-state index < -0.39 is 0 Å². The maximum atomic E-state index is 5.76. The maximum absolute atomic E-state index is 5.76. The molecule has 1 aromatic rings. The fourth-order valence-electron chi connectivity index (χ4n) is 2.13. The molecule has 0 aromatic heterocycles. The van der Waals surface area contributed by atoms with Crippen LogP contribution in [0.1, 0.15) is 13.8 Å². The van der Waals surface area contributed by atoms with E-state index in [1.54, 1.807) is 0 Å². The Bertz CT molecular complexity index is 380. The number of hydrogen-bond donors (Lipinski definition) is 0. The highest BCUT2D eigenvalue weighted by molar-refractivity contribution is 9.10. The van der Waals surface area contributed by atoms with Crippen LogP contribution in [0.3, 0.4) is 0 Å². The Hall–Kier alpha value is -0.190. The summed E-state index contributed by atoms with van der Waals surface area (Å²) in [5.74, 6) is 2.18. The Balaban J connectivity index is 1.73. The van der Waals surface area contributed by atoms with E-state index in [9.17, 15) is 0 Å². The Morgan fingerprint density at radius 2 is 2.06 bits per heavy atom. The number of thioether (sulfide) groups is 1. The summed E-state index contributed by atoms with van der Waals surface area (Å²) in [7, 11) is 0. The van der Waals surface area contributed by atoms with E-state index >= 15 is 0 Å². The van der Waals surface area contributed by atoms with Gasteiger partial charge in [-0.1, -0.05) is 15.9 Å². The third kappa shape index (κ3) is 4.48. The molecule has 1 saturated heterocycles. The van der Waals surface area contributed by atoms with E-state index in [1.165, 1.54) is 12.3 Å². The van der Waals surface area contributed by atoms with Crippen molar-refractivity contribution < 1.29 is 4.74 Å². The zero-order valence-electron chi connectivity index (χ0n) is 11.0. The lowest BCUT2D eigenvalue weighted by atomic mass is 10.2. The summed E-state index contributed by atoms with van der Waals surface area (Å²) in [6, 6.07) is 8.02. The van der Waals surface area contributed by atoms with Gasteiger partial charge in [0.05, 0.1) is 0 Å². The largest absolute Gasteiger partial charge is 0.492 e. The van der Waals surface area contributed by atoms with Crippen molar-refractivity contribution >= 4 is 27.7 Å². The van der Waals surface area contributed by atoms with Crippen LogP contribution in [0.15, 0.2) is 28.7 Å². The molecule has 1 aliphatic heterocycles. The van der Waals surface area contributed by atoms with Crippen LogP contribution in [0.25, 0.3) is 0 Å². The first-order valence-electron chi connectivity index (χ1n) is 6.30. The van der Waals surface area contributed by atoms with Crippen LogP contribution in [0.4, 0.5) is 0 Å². The highest BCUT2D eigenvalue weighted by atomic mass is 79.9. The second-order valence-corrected chi connectivity index (χ2v) is 7.90. The predicted octanol–water partition coefficient (Wildman–Crippen LogP) is 3.66. The van der Waals surface area contributed by atoms with Gasteiger partial charge in [0.1, 0.15) is 12.4 Å². The molecule has 0 amide bonds. The predicted molar refractivity (Wildman–Crippen MR) is 82.6 cm³/mol. The van der Waals surface area contributed by atoms with Gasteiger partial charge in [-0.05, 0) is 38.1 Å². The lowest BCUT2D eigenvalue weighted by molar-refractivity contribution is 0.202. The van der Waals surface area contributed by atoms with Crippen molar-refractivity contribution in [1.82, 2.24) is 4.90 Å². The number of halogens is 1. The molecule has 0 unspecified atom stereocenters. The van der Waals surface area contributed by atoms with Gasteiger partial charge >= 0.3 is 0 Å². The molecule has 0 spiro atoms. The first kappa shape index (κ1) is 14.2. The number of nitrogens with zero attached hydrogens (tertiary/aromatic N) is 1. The Morgan fingerprint density at radius 3 is 2.72 bits per heavy atom. The van der Waals surface area contributed by atoms with E-state index in [0.29, 0.717) is 4.75 Å². The van der Waals surface area contributed by atoms with Crippen molar-refractivity contribution in [2.75, 3.05) is 32.0 Å². The van der Waals surface area contributed by atoms with Crippen LogP contribution < -0.4 is 4.74 Å². The quantitative estimate of drug-likeness (QED) is 0.836. The van der Waals surface area contributed by atoms with Gasteiger partial charge in [0.15, 0.2) is 0 Å². The van der Waals surface area contributed by atoms with Crippen molar-refractivity contribution in [1.29, 1.82) is 0 Å². The molecule has 4 heteroatoms. The van der Waals surface area contributed by atoms with E-state index in [0.717, 1.165) is 29.9 Å². The molecule has 0 atom stereocenters. The van der Waals surface area contributed by atoms with Crippen LogP contribution in [-0.4, -0.2) is 41.6 Å². The number of rotatable bonds is 4. The fraction of sp³-hybridized carbons (Fsp3) is 0.571. The molecule has 2 nitrogen and oxygen atoms in total. The van der Waals surface area contributed by atoms with Crippen molar-refractivity contribution in [3.63, 3.8) is 0 Å². The summed E-state index contributed by atoms with van der Waals surface area (Å²) in [6.07, 6.45) is 0. The Kier molecular flexibility index (Phi) is 4.98. The molecule has 0 radical (unpaired) electrons. The summed E-state index contributed by atoms with van der Waals surface area (Å²) in [5, 5.41) is 0. The summed E-state index contributed by atoms with van der Waals surface area (Å²) in [5.41, 5.74) is 0. The zero-order chi connectivity index (χ0) is 13.0. The van der Waals surface area contributed by atoms with Gasteiger partial charge < -0.3 is 4.74 Å². The average Bonchev–Trinajstić information content (AvgIpc) is 2.30. The average molecular weight is 330 g/mol. The number of hydrogen-bond acceptors (Lipinski definition) is 3. The first-order valence-corrected chi connectivity index (χ1v) is 8.08. The van der Waals surface area contributed by atoms with Gasteiger partial charge in [0, 0.05) is 34.6 Å². The first-order chi connectivity index (χ1) is 8.55. The third-order valence-electron chi connectivity index (χ3n) is 2.99. The van der Waals surface area contributed by atoms with Crippen LogP contribution in [-0.2, 0) is 0 Å². The van der Waals surface area contributed by atoms with Gasteiger partial charge in [0.25, 0.3) is 0 Å². The van der Waals surface area contributed by atoms with Crippen LogP contribution in [0, 0.1) is 0 Å². The molecular formula is C14H20BrNOS. The minimum atomic E-state index is 0.385. The molecule has 0 aliphatic carbocycles. The summed E-state index contributed by atoms with van der Waals surface area (Å²) < 4.78 is 7.24. The SMILES string of the molecule is CC1(C)CN(CCOc2ccc(Br)cc2)CCS1. The van der Waals surface area contributed by atoms with Crippen LogP contribution in [0.5, 0.6) is 5.75 Å². The van der Waals surface area contributed by atoms with Crippen molar-refractivity contribution in [3.8, 4) is 5.75 Å². The fourth-order valence-corrected chi connectivity index (χ4v) is 3.57. The van der Waals surface area contributed by atoms with Crippen molar-refractivity contribution in [2.24, 2.45) is 0 Å². The van der Waals surface area contributed by atoms with Crippen LogP contribution in [0.2, 0.25) is 0 Å². The molecular weight excluding hydrogens is 310 g/mol. The molecule has 0 bridgehead atoms. The minimum Gasteiger partial charge on any atom is -0.492 e. The lowest BCUT2D eigenvalue weighted by Gasteiger charge is -2.37. The summed E-state index contributed by atoms with van der Waals surface area (Å²) in [4.78, 5) is 2.50. The standard InChI is InChI=1S/C14H20BrNOS/c1-14(2)11-16(8-10-18-14)7-9-17-13-5-3-12(15)4-6-13/h3-6H,7-11H2,1-2H3. The highest BCUT2D eigenvalue weighted by Gasteiger charge is 2.26. The number of ether oxygens (including phenoxy) is 1. The topological polar surface area (TPSA) is 12.5 Å².